The molecule has 0 aliphatic heterocycles. The van der Waals surface area contributed by atoms with Crippen LogP contribution >= 0.6 is 35.3 Å². The number of thiazole rings is 2. The van der Waals surface area contributed by atoms with Gasteiger partial charge < -0.3 is 30.3 Å². The first-order valence-electron chi connectivity index (χ1n) is 17.9. The Bertz CT molecular complexity index is 1690. The standard InChI is InChI=1S/C39H52N6O5S3/c1-25(2)35(44-38(47)45(6)21-31-23-52-37(42-31)26(3)4)36(46)41-30(17-28-13-9-7-10-14-28)19-34(50-27(5)51)33(18-29-15-11-8-12-16-29)43-39(48)49-22-32-20-40-24-53-32/h7-16,20,23-27,30,33-35,51H,17-19,21-22H2,1-6H3,(H,41,46)(H,43,48)(H,44,47)/t27?,30-,33-,34-,35-/m0/s1. The number of hydrogen-bond acceptors (Lipinski definition) is 10. The van der Waals surface area contributed by atoms with E-state index in [4.69, 9.17) is 9.47 Å². The number of nitrogens with zero attached hydrogens (tertiary/aromatic N) is 3. The molecule has 286 valence electrons. The molecule has 0 bridgehead atoms. The number of nitrogens with one attached hydrogen (secondary N) is 3. The molecule has 4 aromatic rings. The molecule has 4 rings (SSSR count). The molecule has 53 heavy (non-hydrogen) atoms. The second kappa shape index (κ2) is 21.0. The topological polar surface area (TPSA) is 135 Å². The minimum atomic E-state index is -0.812. The lowest BCUT2D eigenvalue weighted by atomic mass is 9.93. The van der Waals surface area contributed by atoms with Crippen molar-refractivity contribution in [3.8, 4) is 0 Å². The van der Waals surface area contributed by atoms with Crippen LogP contribution < -0.4 is 16.0 Å². The Hall–Kier alpha value is -3.98. The number of ether oxygens (including phenoxy) is 2. The van der Waals surface area contributed by atoms with Gasteiger partial charge in [0, 0.05) is 30.6 Å². The van der Waals surface area contributed by atoms with E-state index in [2.05, 4.69) is 52.4 Å². The lowest BCUT2D eigenvalue weighted by molar-refractivity contribution is -0.125. The lowest BCUT2D eigenvalue weighted by Gasteiger charge is -2.33. The van der Waals surface area contributed by atoms with E-state index in [9.17, 15) is 14.4 Å². The van der Waals surface area contributed by atoms with Crippen LogP contribution in [0.15, 0.2) is 77.8 Å². The second-order valence-electron chi connectivity index (χ2n) is 13.7. The van der Waals surface area contributed by atoms with Gasteiger partial charge in [-0.3, -0.25) is 9.78 Å². The highest BCUT2D eigenvalue weighted by atomic mass is 32.1. The molecular formula is C39H52N6O5S3. The van der Waals surface area contributed by atoms with Gasteiger partial charge in [-0.15, -0.1) is 35.3 Å². The smallest absolute Gasteiger partial charge is 0.407 e. The Labute approximate surface area is 326 Å². The number of amides is 4. The molecule has 0 aliphatic carbocycles. The van der Waals surface area contributed by atoms with Crippen LogP contribution in [0.4, 0.5) is 9.59 Å². The third-order valence-electron chi connectivity index (χ3n) is 8.48. The number of benzene rings is 2. The van der Waals surface area contributed by atoms with Gasteiger partial charge in [-0.05, 0) is 43.2 Å². The summed E-state index contributed by atoms with van der Waals surface area (Å²) in [5.74, 6) is -0.214. The summed E-state index contributed by atoms with van der Waals surface area (Å²) < 4.78 is 12.0. The van der Waals surface area contributed by atoms with Gasteiger partial charge in [0.2, 0.25) is 5.91 Å². The van der Waals surface area contributed by atoms with Crippen LogP contribution in [0.1, 0.15) is 73.7 Å². The summed E-state index contributed by atoms with van der Waals surface area (Å²) in [5.41, 5.74) is 4.02. The monoisotopic (exact) mass is 780 g/mol. The normalized spacial score (nSPS) is 14.2. The van der Waals surface area contributed by atoms with Crippen LogP contribution in [-0.2, 0) is 40.3 Å². The highest BCUT2D eigenvalue weighted by Crippen LogP contribution is 2.22. The fraction of sp³-hybridized carbons (Fsp3) is 0.462. The molecule has 5 atom stereocenters. The minimum absolute atomic E-state index is 0.0933. The van der Waals surface area contributed by atoms with Crippen molar-refractivity contribution in [2.24, 2.45) is 5.92 Å². The molecule has 0 saturated heterocycles. The van der Waals surface area contributed by atoms with Crippen molar-refractivity contribution in [2.75, 3.05) is 7.05 Å². The number of hydrogen-bond donors (Lipinski definition) is 4. The molecular weight excluding hydrogens is 729 g/mol. The van der Waals surface area contributed by atoms with Crippen molar-refractivity contribution >= 4 is 53.3 Å². The van der Waals surface area contributed by atoms with Crippen LogP contribution in [0, 0.1) is 5.92 Å². The molecule has 3 N–H and O–H groups in total. The number of thiol groups is 1. The summed E-state index contributed by atoms with van der Waals surface area (Å²) >= 11 is 7.55. The van der Waals surface area contributed by atoms with E-state index in [1.54, 1.807) is 30.1 Å². The summed E-state index contributed by atoms with van der Waals surface area (Å²) in [6.07, 6.45) is 1.76. The molecule has 0 spiro atoms. The first kappa shape index (κ1) is 41.8. The van der Waals surface area contributed by atoms with Crippen LogP contribution in [0.3, 0.4) is 0 Å². The van der Waals surface area contributed by atoms with Gasteiger partial charge in [0.05, 0.1) is 45.2 Å². The number of urea groups is 1. The van der Waals surface area contributed by atoms with Crippen molar-refractivity contribution in [1.29, 1.82) is 0 Å². The van der Waals surface area contributed by atoms with Crippen molar-refractivity contribution in [2.45, 2.75) is 103 Å². The second-order valence-corrected chi connectivity index (χ2v) is 16.3. The quantitative estimate of drug-likeness (QED) is 0.0584. The van der Waals surface area contributed by atoms with Crippen molar-refractivity contribution in [1.82, 2.24) is 30.8 Å². The largest absolute Gasteiger partial charge is 0.444 e. The summed E-state index contributed by atoms with van der Waals surface area (Å²) in [4.78, 5) is 51.8. The molecule has 1 unspecified atom stereocenters. The van der Waals surface area contributed by atoms with Gasteiger partial charge in [-0.1, -0.05) is 88.4 Å². The summed E-state index contributed by atoms with van der Waals surface area (Å²) in [6.45, 7) is 10.2. The highest BCUT2D eigenvalue weighted by molar-refractivity contribution is 7.80. The molecule has 0 fully saturated rings. The Morgan fingerprint density at radius 2 is 1.55 bits per heavy atom. The molecule has 4 amide bonds. The van der Waals surface area contributed by atoms with Gasteiger partial charge >= 0.3 is 12.1 Å². The van der Waals surface area contributed by atoms with Gasteiger partial charge in [0.25, 0.3) is 0 Å². The maximum atomic E-state index is 14.1. The fourth-order valence-corrected chi connectivity index (χ4v) is 7.26. The lowest BCUT2D eigenvalue weighted by Crippen LogP contribution is -2.56. The van der Waals surface area contributed by atoms with Crippen LogP contribution in [0.5, 0.6) is 0 Å². The fourth-order valence-electron chi connectivity index (χ4n) is 5.77. The van der Waals surface area contributed by atoms with Gasteiger partial charge in [0.1, 0.15) is 12.6 Å². The van der Waals surface area contributed by atoms with Crippen molar-refractivity contribution in [3.05, 3.63) is 104 Å². The van der Waals surface area contributed by atoms with E-state index in [-0.39, 0.29) is 24.5 Å². The average molecular weight is 781 g/mol. The molecule has 2 aromatic carbocycles. The third kappa shape index (κ3) is 14.1. The van der Waals surface area contributed by atoms with Crippen molar-refractivity contribution < 1.29 is 23.9 Å². The Morgan fingerprint density at radius 3 is 2.11 bits per heavy atom. The highest BCUT2D eigenvalue weighted by Gasteiger charge is 2.33. The molecule has 11 nitrogen and oxygen atoms in total. The first-order chi connectivity index (χ1) is 25.4. The molecule has 14 heteroatoms. The number of carbonyl (C=O) groups excluding carboxylic acids is 3. The SMILES string of the molecule is CC(S)O[C@@H](C[C@H](Cc1ccccc1)NC(=O)[C@@H](NC(=O)N(C)Cc1csc(C(C)C)n1)C(C)C)[C@H](Cc1ccccc1)NC(=O)OCc1cncs1. The Balaban J connectivity index is 1.54. The average Bonchev–Trinajstić information content (AvgIpc) is 3.82. The predicted octanol–water partition coefficient (Wildman–Crippen LogP) is 7.21. The van der Waals surface area contributed by atoms with Gasteiger partial charge in [-0.25, -0.2) is 14.6 Å². The molecule has 0 radical (unpaired) electrons. The summed E-state index contributed by atoms with van der Waals surface area (Å²) in [6, 6.07) is 17.5. The molecule has 2 aromatic heterocycles. The van der Waals surface area contributed by atoms with Crippen LogP contribution in [0.2, 0.25) is 0 Å². The van der Waals surface area contributed by atoms with Crippen LogP contribution in [0.25, 0.3) is 0 Å². The molecule has 0 saturated carbocycles. The van der Waals surface area contributed by atoms with E-state index in [1.165, 1.54) is 16.2 Å². The number of rotatable bonds is 19. The van der Waals surface area contributed by atoms with Crippen molar-refractivity contribution in [3.63, 3.8) is 0 Å². The number of alkyl carbamates (subject to hydrolysis) is 1. The zero-order valence-corrected chi connectivity index (χ0v) is 33.8. The Morgan fingerprint density at radius 1 is 0.887 bits per heavy atom. The maximum Gasteiger partial charge on any atom is 0.407 e. The van der Waals surface area contributed by atoms with Crippen LogP contribution in [-0.4, -0.2) is 69.6 Å². The Kier molecular flexibility index (Phi) is 16.6. The predicted molar refractivity (Wildman–Crippen MR) is 214 cm³/mol. The van der Waals surface area contributed by atoms with E-state index in [0.29, 0.717) is 31.7 Å². The molecule has 2 heterocycles. The minimum Gasteiger partial charge on any atom is -0.444 e. The molecule has 0 aliphatic rings. The first-order valence-corrected chi connectivity index (χ1v) is 20.1. The zero-order chi connectivity index (χ0) is 38.3. The van der Waals surface area contributed by atoms with E-state index in [0.717, 1.165) is 26.7 Å². The van der Waals surface area contributed by atoms with E-state index >= 15 is 0 Å². The third-order valence-corrected chi connectivity index (χ3v) is 10.5. The zero-order valence-electron chi connectivity index (χ0n) is 31.2. The number of aromatic nitrogens is 2. The summed E-state index contributed by atoms with van der Waals surface area (Å²) in [5, 5.41) is 12.2. The van der Waals surface area contributed by atoms with Gasteiger partial charge in [-0.2, -0.15) is 0 Å². The summed E-state index contributed by atoms with van der Waals surface area (Å²) in [7, 11) is 1.69. The van der Waals surface area contributed by atoms with Gasteiger partial charge in [0.15, 0.2) is 0 Å². The van der Waals surface area contributed by atoms with E-state index in [1.807, 2.05) is 86.8 Å². The number of carbonyl (C=O) groups is 3. The van der Waals surface area contributed by atoms with E-state index < -0.39 is 35.8 Å². The maximum absolute atomic E-state index is 14.1.